The molecule has 1 aromatic heterocycles. The van der Waals surface area contributed by atoms with E-state index < -0.39 is 6.10 Å². The fourth-order valence-electron chi connectivity index (χ4n) is 1.68. The summed E-state index contributed by atoms with van der Waals surface area (Å²) in [6.07, 6.45) is 0.509. The number of carbonyl (C=O) groups is 1. The van der Waals surface area contributed by atoms with Crippen molar-refractivity contribution in [3.8, 4) is 0 Å². The summed E-state index contributed by atoms with van der Waals surface area (Å²) >= 11 is 0. The number of rotatable bonds is 3. The summed E-state index contributed by atoms with van der Waals surface area (Å²) in [6, 6.07) is 0. The van der Waals surface area contributed by atoms with Crippen molar-refractivity contribution in [2.75, 3.05) is 26.3 Å². The minimum absolute atomic E-state index is 0.235. The van der Waals surface area contributed by atoms with E-state index in [9.17, 15) is 9.59 Å². The standard InChI is InChI=1S/C10H16N4O4/c1-8(6-14-9(15)11-7-12-14)18-10(16)13-2-4-17-5-3-13/h7-8H,2-6H2,1H3,(H,11,12,15). The van der Waals surface area contributed by atoms with Gasteiger partial charge in [0.15, 0.2) is 0 Å². The molecule has 0 radical (unpaired) electrons. The summed E-state index contributed by atoms with van der Waals surface area (Å²) in [5.74, 6) is 0. The van der Waals surface area contributed by atoms with Crippen molar-refractivity contribution in [2.24, 2.45) is 0 Å². The molecule has 1 amide bonds. The summed E-state index contributed by atoms with van der Waals surface area (Å²) in [5, 5.41) is 3.80. The van der Waals surface area contributed by atoms with Crippen LogP contribution in [0, 0.1) is 0 Å². The first-order valence-electron chi connectivity index (χ1n) is 5.80. The summed E-state index contributed by atoms with van der Waals surface area (Å²) in [5.41, 5.74) is -0.315. The van der Waals surface area contributed by atoms with E-state index in [1.165, 1.54) is 11.0 Å². The molecular weight excluding hydrogens is 240 g/mol. The SMILES string of the molecule is CC(Cn1nc[nH]c1=O)OC(=O)N1CCOCC1. The van der Waals surface area contributed by atoms with Crippen LogP contribution in [0.25, 0.3) is 0 Å². The quantitative estimate of drug-likeness (QED) is 0.782. The summed E-state index contributed by atoms with van der Waals surface area (Å²) in [7, 11) is 0. The second-order valence-electron chi connectivity index (χ2n) is 4.07. The third-order valence-corrected chi connectivity index (χ3v) is 2.62. The zero-order valence-corrected chi connectivity index (χ0v) is 10.2. The normalized spacial score (nSPS) is 17.5. The lowest BCUT2D eigenvalue weighted by molar-refractivity contribution is 0.0122. The van der Waals surface area contributed by atoms with E-state index in [1.54, 1.807) is 11.8 Å². The second kappa shape index (κ2) is 5.67. The molecule has 1 fully saturated rings. The highest BCUT2D eigenvalue weighted by Gasteiger charge is 2.20. The largest absolute Gasteiger partial charge is 0.444 e. The number of carbonyl (C=O) groups excluding carboxylic acids is 1. The van der Waals surface area contributed by atoms with Crippen LogP contribution in [0.15, 0.2) is 11.1 Å². The van der Waals surface area contributed by atoms with Crippen LogP contribution in [0.4, 0.5) is 4.79 Å². The maximum Gasteiger partial charge on any atom is 0.410 e. The van der Waals surface area contributed by atoms with Crippen molar-refractivity contribution in [1.29, 1.82) is 0 Å². The number of ether oxygens (including phenoxy) is 2. The van der Waals surface area contributed by atoms with Gasteiger partial charge >= 0.3 is 11.8 Å². The first-order chi connectivity index (χ1) is 8.66. The Bertz CT molecular complexity index is 449. The van der Waals surface area contributed by atoms with Crippen molar-refractivity contribution in [1.82, 2.24) is 19.7 Å². The molecule has 2 rings (SSSR count). The molecule has 1 saturated heterocycles. The molecule has 0 saturated carbocycles. The van der Waals surface area contributed by atoms with Crippen LogP contribution >= 0.6 is 0 Å². The van der Waals surface area contributed by atoms with E-state index in [4.69, 9.17) is 9.47 Å². The van der Waals surface area contributed by atoms with E-state index in [0.717, 1.165) is 0 Å². The molecule has 0 aliphatic carbocycles. The van der Waals surface area contributed by atoms with E-state index >= 15 is 0 Å². The van der Waals surface area contributed by atoms with Crippen molar-refractivity contribution >= 4 is 6.09 Å². The number of hydrogen-bond donors (Lipinski definition) is 1. The average molecular weight is 256 g/mol. The van der Waals surface area contributed by atoms with Crippen LogP contribution in [-0.4, -0.2) is 58.2 Å². The molecule has 0 bridgehead atoms. The summed E-state index contributed by atoms with van der Waals surface area (Å²) in [4.78, 5) is 27.0. The van der Waals surface area contributed by atoms with Crippen LogP contribution in [0.3, 0.4) is 0 Å². The maximum atomic E-state index is 11.8. The zero-order valence-electron chi connectivity index (χ0n) is 10.2. The van der Waals surface area contributed by atoms with Crippen LogP contribution in [0.1, 0.15) is 6.92 Å². The Kier molecular flexibility index (Phi) is 3.98. The highest BCUT2D eigenvalue weighted by molar-refractivity contribution is 5.67. The molecule has 1 atom stereocenters. The average Bonchev–Trinajstić information content (AvgIpc) is 2.76. The highest BCUT2D eigenvalue weighted by Crippen LogP contribution is 2.03. The van der Waals surface area contributed by atoms with Crippen molar-refractivity contribution < 1.29 is 14.3 Å². The maximum absolute atomic E-state index is 11.8. The van der Waals surface area contributed by atoms with Gasteiger partial charge in [0, 0.05) is 13.1 Å². The van der Waals surface area contributed by atoms with Gasteiger partial charge in [-0.25, -0.2) is 14.3 Å². The molecule has 100 valence electrons. The Balaban J connectivity index is 1.83. The third kappa shape index (κ3) is 3.10. The van der Waals surface area contributed by atoms with Gasteiger partial charge in [-0.2, -0.15) is 5.10 Å². The van der Waals surface area contributed by atoms with Crippen molar-refractivity contribution in [3.63, 3.8) is 0 Å². The minimum atomic E-state index is -0.415. The van der Waals surface area contributed by atoms with Gasteiger partial charge in [-0.1, -0.05) is 0 Å². The van der Waals surface area contributed by atoms with E-state index in [-0.39, 0.29) is 18.3 Å². The Morgan fingerprint density at radius 1 is 1.61 bits per heavy atom. The lowest BCUT2D eigenvalue weighted by atomic mass is 10.4. The third-order valence-electron chi connectivity index (χ3n) is 2.62. The molecule has 1 aromatic rings. The fourth-order valence-corrected chi connectivity index (χ4v) is 1.68. The number of aromatic amines is 1. The Labute approximate surface area is 103 Å². The number of nitrogens with zero attached hydrogens (tertiary/aromatic N) is 3. The number of H-pyrrole nitrogens is 1. The van der Waals surface area contributed by atoms with E-state index in [1.807, 2.05) is 0 Å². The first-order valence-corrected chi connectivity index (χ1v) is 5.80. The second-order valence-corrected chi connectivity index (χ2v) is 4.07. The van der Waals surface area contributed by atoms with Gasteiger partial charge in [0.2, 0.25) is 0 Å². The number of amides is 1. The number of aromatic nitrogens is 3. The molecule has 18 heavy (non-hydrogen) atoms. The zero-order chi connectivity index (χ0) is 13.0. The molecule has 8 heteroatoms. The van der Waals surface area contributed by atoms with Gasteiger partial charge in [-0.05, 0) is 6.92 Å². The lowest BCUT2D eigenvalue weighted by Gasteiger charge is -2.27. The molecule has 2 heterocycles. The topological polar surface area (TPSA) is 89.4 Å². The van der Waals surface area contributed by atoms with Gasteiger partial charge in [0.1, 0.15) is 12.4 Å². The monoisotopic (exact) mass is 256 g/mol. The molecule has 1 N–H and O–H groups in total. The van der Waals surface area contributed by atoms with Gasteiger partial charge in [0.25, 0.3) is 0 Å². The predicted octanol–water partition coefficient (Wildman–Crippen LogP) is -0.571. The van der Waals surface area contributed by atoms with Gasteiger partial charge in [-0.15, -0.1) is 0 Å². The minimum Gasteiger partial charge on any atom is -0.444 e. The van der Waals surface area contributed by atoms with Crippen molar-refractivity contribution in [2.45, 2.75) is 19.6 Å². The lowest BCUT2D eigenvalue weighted by Crippen LogP contribution is -2.42. The molecule has 8 nitrogen and oxygen atoms in total. The van der Waals surface area contributed by atoms with Gasteiger partial charge in [-0.3, -0.25) is 4.98 Å². The Hall–Kier alpha value is -1.83. The predicted molar refractivity (Wildman–Crippen MR) is 61.2 cm³/mol. The molecule has 1 unspecified atom stereocenters. The van der Waals surface area contributed by atoms with Crippen LogP contribution < -0.4 is 5.69 Å². The van der Waals surface area contributed by atoms with Crippen molar-refractivity contribution in [3.05, 3.63) is 16.8 Å². The summed E-state index contributed by atoms with van der Waals surface area (Å²) < 4.78 is 11.6. The Morgan fingerprint density at radius 2 is 2.33 bits per heavy atom. The molecule has 1 aliphatic rings. The molecular formula is C10H16N4O4. The smallest absolute Gasteiger partial charge is 0.410 e. The highest BCUT2D eigenvalue weighted by atomic mass is 16.6. The van der Waals surface area contributed by atoms with Gasteiger partial charge in [0.05, 0.1) is 19.8 Å². The van der Waals surface area contributed by atoms with E-state index in [2.05, 4.69) is 10.1 Å². The first kappa shape index (κ1) is 12.6. The molecule has 1 aliphatic heterocycles. The van der Waals surface area contributed by atoms with Crippen LogP contribution in [-0.2, 0) is 16.0 Å². The number of nitrogens with one attached hydrogen (secondary N) is 1. The summed E-state index contributed by atoms with van der Waals surface area (Å²) in [6.45, 7) is 4.09. The fraction of sp³-hybridized carbons (Fsp3) is 0.700. The molecule has 0 aromatic carbocycles. The van der Waals surface area contributed by atoms with E-state index in [0.29, 0.717) is 26.3 Å². The van der Waals surface area contributed by atoms with Gasteiger partial charge < -0.3 is 14.4 Å². The van der Waals surface area contributed by atoms with Crippen LogP contribution in [0.5, 0.6) is 0 Å². The number of hydrogen-bond acceptors (Lipinski definition) is 5. The number of morpholine rings is 1. The molecule has 0 spiro atoms. The van der Waals surface area contributed by atoms with Crippen LogP contribution in [0.2, 0.25) is 0 Å². The Morgan fingerprint density at radius 3 is 2.94 bits per heavy atom.